The number of imidazole rings is 1. The number of aryl methyl sites for hydroxylation is 1. The average molecular weight is 368 g/mol. The van der Waals surface area contributed by atoms with Crippen LogP contribution in [0, 0.1) is 5.92 Å². The van der Waals surface area contributed by atoms with E-state index in [2.05, 4.69) is 15.3 Å². The lowest BCUT2D eigenvalue weighted by Gasteiger charge is -2.13. The topological polar surface area (TPSA) is 98.5 Å². The Kier molecular flexibility index (Phi) is 4.31. The highest BCUT2D eigenvalue weighted by atomic mass is 16.5. The molecular weight excluding hydrogens is 348 g/mol. The number of aromatic hydroxyl groups is 1. The smallest absolute Gasteiger partial charge is 0.240 e. The summed E-state index contributed by atoms with van der Waals surface area (Å²) >= 11 is 0. The van der Waals surface area contributed by atoms with Gasteiger partial charge in [-0.05, 0) is 24.3 Å². The van der Waals surface area contributed by atoms with E-state index < -0.39 is 0 Å². The third-order valence-electron chi connectivity index (χ3n) is 4.66. The van der Waals surface area contributed by atoms with Crippen molar-refractivity contribution >= 4 is 16.9 Å². The van der Waals surface area contributed by atoms with Crippen LogP contribution in [0.3, 0.4) is 0 Å². The summed E-state index contributed by atoms with van der Waals surface area (Å²) in [5.74, 6) is 1.06. The number of phenolic OH excluding ortho intramolecular Hbond substituents is 1. The maximum absolute atomic E-state index is 11.4. The number of nitrogens with zero attached hydrogens (tertiary/aromatic N) is 3. The molecule has 0 spiro atoms. The van der Waals surface area contributed by atoms with Gasteiger partial charge in [0.25, 0.3) is 0 Å². The Morgan fingerprint density at radius 3 is 2.93 bits per heavy atom. The normalized spacial score (nSPS) is 16.5. The molecule has 1 aliphatic heterocycles. The van der Waals surface area contributed by atoms with Gasteiger partial charge in [0.15, 0.2) is 11.5 Å². The van der Waals surface area contributed by atoms with Crippen molar-refractivity contribution in [3.63, 3.8) is 0 Å². The van der Waals surface area contributed by atoms with Gasteiger partial charge in [0.1, 0.15) is 5.52 Å². The fraction of sp³-hybridized carbons (Fsp3) is 0.316. The number of carbonyl (C=O) groups excluding carboxylic acids is 1. The first-order chi connectivity index (χ1) is 13.0. The maximum Gasteiger partial charge on any atom is 0.240 e. The summed E-state index contributed by atoms with van der Waals surface area (Å²) in [5, 5.41) is 12.9. The van der Waals surface area contributed by atoms with Crippen molar-refractivity contribution in [2.45, 2.75) is 6.42 Å². The predicted octanol–water partition coefficient (Wildman–Crippen LogP) is 1.86. The van der Waals surface area contributed by atoms with Crippen molar-refractivity contribution in [2.75, 3.05) is 20.3 Å². The molecule has 3 aromatic rings. The molecule has 1 amide bonds. The molecule has 0 radical (unpaired) electrons. The Morgan fingerprint density at radius 1 is 1.37 bits per heavy atom. The van der Waals surface area contributed by atoms with Gasteiger partial charge in [-0.1, -0.05) is 0 Å². The Labute approximate surface area is 155 Å². The summed E-state index contributed by atoms with van der Waals surface area (Å²) in [7, 11) is 3.38. The number of hydrogen-bond donors (Lipinski definition) is 2. The van der Waals surface area contributed by atoms with Crippen LogP contribution in [0.1, 0.15) is 6.42 Å². The lowest BCUT2D eigenvalue weighted by Crippen LogP contribution is -2.17. The summed E-state index contributed by atoms with van der Waals surface area (Å²) < 4.78 is 12.9. The zero-order valence-corrected chi connectivity index (χ0v) is 15.1. The lowest BCUT2D eigenvalue weighted by atomic mass is 10.1. The van der Waals surface area contributed by atoms with E-state index in [0.717, 1.165) is 16.6 Å². The fourth-order valence-corrected chi connectivity index (χ4v) is 3.22. The molecule has 0 bridgehead atoms. The van der Waals surface area contributed by atoms with Gasteiger partial charge in [-0.15, -0.1) is 0 Å². The number of benzene rings is 1. The zero-order chi connectivity index (χ0) is 19.0. The fourth-order valence-electron chi connectivity index (χ4n) is 3.22. The number of aromatic nitrogens is 3. The van der Waals surface area contributed by atoms with Gasteiger partial charge in [-0.2, -0.15) is 0 Å². The Hall–Kier alpha value is -3.29. The van der Waals surface area contributed by atoms with Gasteiger partial charge in [0, 0.05) is 31.5 Å². The summed E-state index contributed by atoms with van der Waals surface area (Å²) in [5.41, 5.74) is 2.89. The number of methoxy groups -OCH3 is 1. The first-order valence-electron chi connectivity index (χ1n) is 8.64. The van der Waals surface area contributed by atoms with E-state index in [1.54, 1.807) is 18.5 Å². The molecule has 140 valence electrons. The van der Waals surface area contributed by atoms with E-state index in [4.69, 9.17) is 9.47 Å². The molecule has 2 N–H and O–H groups in total. The molecule has 4 rings (SSSR count). The first kappa shape index (κ1) is 17.1. The molecule has 1 aromatic carbocycles. The van der Waals surface area contributed by atoms with Gasteiger partial charge >= 0.3 is 0 Å². The van der Waals surface area contributed by atoms with Crippen LogP contribution >= 0.6 is 0 Å². The molecular formula is C19H20N4O4. The minimum atomic E-state index is 0.0379. The first-order valence-corrected chi connectivity index (χ1v) is 8.64. The Balaban J connectivity index is 1.70. The van der Waals surface area contributed by atoms with E-state index >= 15 is 0 Å². The summed E-state index contributed by atoms with van der Waals surface area (Å²) in [6.07, 6.45) is 2.16. The molecule has 0 unspecified atom stereocenters. The van der Waals surface area contributed by atoms with Gasteiger partial charge in [0.2, 0.25) is 11.8 Å². The van der Waals surface area contributed by atoms with Crippen LogP contribution < -0.4 is 14.8 Å². The SMILES string of the molecule is COc1ccc(-c2cc3ncn(C)c3c(OC[C@H]3CNC(=O)C3)n2)cc1O. The number of amides is 1. The number of pyridine rings is 1. The van der Waals surface area contributed by atoms with Crippen LogP contribution in [0.4, 0.5) is 0 Å². The van der Waals surface area contributed by atoms with E-state index in [0.29, 0.717) is 36.9 Å². The van der Waals surface area contributed by atoms with Crippen molar-refractivity contribution in [2.24, 2.45) is 13.0 Å². The maximum atomic E-state index is 11.4. The number of fused-ring (bicyclic) bond motifs is 1. The minimum absolute atomic E-state index is 0.0379. The van der Waals surface area contributed by atoms with Crippen LogP contribution in [0.2, 0.25) is 0 Å². The number of phenols is 1. The van der Waals surface area contributed by atoms with Gasteiger partial charge < -0.3 is 24.5 Å². The van der Waals surface area contributed by atoms with Gasteiger partial charge in [0.05, 0.1) is 31.3 Å². The quantitative estimate of drug-likeness (QED) is 0.713. The monoisotopic (exact) mass is 368 g/mol. The number of nitrogens with one attached hydrogen (secondary N) is 1. The van der Waals surface area contributed by atoms with Crippen LogP contribution in [0.15, 0.2) is 30.6 Å². The van der Waals surface area contributed by atoms with Crippen molar-refractivity contribution in [1.82, 2.24) is 19.9 Å². The highest BCUT2D eigenvalue weighted by Crippen LogP contribution is 2.33. The molecule has 0 aliphatic carbocycles. The molecule has 1 saturated heterocycles. The second kappa shape index (κ2) is 6.79. The molecule has 3 heterocycles. The molecule has 8 nitrogen and oxygen atoms in total. The number of carbonyl (C=O) groups is 1. The third kappa shape index (κ3) is 3.25. The van der Waals surface area contributed by atoms with Crippen molar-refractivity contribution in [3.05, 3.63) is 30.6 Å². The highest BCUT2D eigenvalue weighted by molar-refractivity contribution is 5.85. The standard InChI is InChI=1S/C19H20N4O4/c1-23-10-21-14-7-13(12-3-4-16(26-2)15(24)6-12)22-19(18(14)23)27-9-11-5-17(25)20-8-11/h3-4,6-7,10-11,24H,5,8-9H2,1-2H3,(H,20,25)/t11-/m1/s1. The third-order valence-corrected chi connectivity index (χ3v) is 4.66. The van der Waals surface area contributed by atoms with E-state index in [-0.39, 0.29) is 17.6 Å². The Bertz CT molecular complexity index is 1010. The Morgan fingerprint density at radius 2 is 2.22 bits per heavy atom. The zero-order valence-electron chi connectivity index (χ0n) is 15.1. The lowest BCUT2D eigenvalue weighted by molar-refractivity contribution is -0.119. The minimum Gasteiger partial charge on any atom is -0.504 e. The van der Waals surface area contributed by atoms with E-state index in [1.807, 2.05) is 23.7 Å². The molecule has 1 fully saturated rings. The molecule has 1 atom stereocenters. The molecule has 27 heavy (non-hydrogen) atoms. The predicted molar refractivity (Wildman–Crippen MR) is 98.8 cm³/mol. The molecule has 1 aliphatic rings. The van der Waals surface area contributed by atoms with E-state index in [1.165, 1.54) is 7.11 Å². The highest BCUT2D eigenvalue weighted by Gasteiger charge is 2.23. The van der Waals surface area contributed by atoms with Crippen molar-refractivity contribution in [3.8, 4) is 28.6 Å². The molecule has 2 aromatic heterocycles. The van der Waals surface area contributed by atoms with Crippen LogP contribution in [0.5, 0.6) is 17.4 Å². The average Bonchev–Trinajstić information content (AvgIpc) is 3.25. The molecule has 8 heteroatoms. The van der Waals surface area contributed by atoms with Crippen molar-refractivity contribution < 1.29 is 19.4 Å². The van der Waals surface area contributed by atoms with Crippen molar-refractivity contribution in [1.29, 1.82) is 0 Å². The summed E-state index contributed by atoms with van der Waals surface area (Å²) in [6.45, 7) is 1.00. The second-order valence-electron chi connectivity index (χ2n) is 6.61. The van der Waals surface area contributed by atoms with Crippen LogP contribution in [-0.2, 0) is 11.8 Å². The number of ether oxygens (including phenoxy) is 2. The van der Waals surface area contributed by atoms with Crippen LogP contribution in [0.25, 0.3) is 22.3 Å². The summed E-state index contributed by atoms with van der Waals surface area (Å²) in [4.78, 5) is 20.4. The number of hydrogen-bond acceptors (Lipinski definition) is 6. The molecule has 0 saturated carbocycles. The van der Waals surface area contributed by atoms with Gasteiger partial charge in [-0.25, -0.2) is 9.97 Å². The summed E-state index contributed by atoms with van der Waals surface area (Å²) in [6, 6.07) is 6.95. The largest absolute Gasteiger partial charge is 0.504 e. The number of rotatable bonds is 5. The van der Waals surface area contributed by atoms with E-state index in [9.17, 15) is 9.90 Å². The van der Waals surface area contributed by atoms with Crippen LogP contribution in [-0.4, -0.2) is 45.8 Å². The second-order valence-corrected chi connectivity index (χ2v) is 6.61. The van der Waals surface area contributed by atoms with Gasteiger partial charge in [-0.3, -0.25) is 4.79 Å².